The van der Waals surface area contributed by atoms with Gasteiger partial charge in [-0.1, -0.05) is 178 Å². The molecule has 0 fully saturated rings. The molecule has 1 heterocycles. The van der Waals surface area contributed by atoms with Crippen LogP contribution in [0.5, 0.6) is 11.5 Å². The lowest BCUT2D eigenvalue weighted by Gasteiger charge is -2.40. The minimum absolute atomic E-state index is 0.0546. The Morgan fingerprint density at radius 3 is 2.19 bits per heavy atom. The Balaban J connectivity index is 0.790. The molecule has 6 aliphatic rings. The van der Waals surface area contributed by atoms with Crippen molar-refractivity contribution in [1.29, 1.82) is 0 Å². The molecule has 0 amide bonds. The molecular formula is C77H82N2O3Si. The average Bonchev–Trinajstić information content (AvgIpc) is 4.19. The van der Waals surface area contributed by atoms with Crippen molar-refractivity contribution in [2.24, 2.45) is 0 Å². The predicted molar refractivity (Wildman–Crippen MR) is 354 cm³/mol. The molecule has 0 saturated carbocycles. The van der Waals surface area contributed by atoms with Crippen LogP contribution < -0.4 is 24.9 Å². The smallest absolute Gasteiger partial charge is 0.119 e. The van der Waals surface area contributed by atoms with E-state index in [-0.39, 0.29) is 11.5 Å². The summed E-state index contributed by atoms with van der Waals surface area (Å²) in [5, 5.41) is 3.89. The first-order chi connectivity index (χ1) is 41.0. The van der Waals surface area contributed by atoms with Crippen molar-refractivity contribution in [2.75, 3.05) is 24.7 Å². The van der Waals surface area contributed by atoms with Crippen LogP contribution in [0.15, 0.2) is 218 Å². The minimum Gasteiger partial charge on any atom is -0.494 e. The maximum Gasteiger partial charge on any atom is 0.119 e. The van der Waals surface area contributed by atoms with Crippen LogP contribution in [0, 0.1) is 0 Å². The van der Waals surface area contributed by atoms with Gasteiger partial charge in [-0.05, 0) is 195 Å². The van der Waals surface area contributed by atoms with Crippen LogP contribution in [-0.2, 0) is 10.2 Å². The molecule has 83 heavy (non-hydrogen) atoms. The fraction of sp³-hybridized carbons (Fsp3) is 0.299. The lowest BCUT2D eigenvalue weighted by atomic mass is 9.65. The fourth-order valence-electron chi connectivity index (χ4n) is 13.9. The maximum absolute atomic E-state index is 6.64. The molecule has 6 aliphatic carbocycles. The van der Waals surface area contributed by atoms with Gasteiger partial charge in [0.1, 0.15) is 11.5 Å². The van der Waals surface area contributed by atoms with Gasteiger partial charge in [0.2, 0.25) is 0 Å². The van der Waals surface area contributed by atoms with Gasteiger partial charge in [-0.15, -0.1) is 0 Å². The summed E-state index contributed by atoms with van der Waals surface area (Å²) in [6.07, 6.45) is 47.8. The molecule has 0 bridgehead atoms. The lowest BCUT2D eigenvalue weighted by molar-refractivity contribution is 0.0947. The van der Waals surface area contributed by atoms with E-state index in [2.05, 4.69) is 199 Å². The minimum atomic E-state index is -1.02. The molecule has 0 radical (unpaired) electrons. The van der Waals surface area contributed by atoms with E-state index >= 15 is 0 Å². The van der Waals surface area contributed by atoms with Crippen molar-refractivity contribution in [3.8, 4) is 11.5 Å². The van der Waals surface area contributed by atoms with Crippen molar-refractivity contribution in [3.05, 3.63) is 256 Å². The molecule has 0 aliphatic heterocycles. The number of benzene rings is 5. The first kappa shape index (κ1) is 55.9. The molecule has 4 unspecified atom stereocenters. The number of hydrogen-bond acceptors (Lipinski definition) is 4. The number of anilines is 1. The highest BCUT2D eigenvalue weighted by Crippen LogP contribution is 2.60. The molecule has 422 valence electrons. The molecule has 0 spiro atoms. The highest BCUT2D eigenvalue weighted by Gasteiger charge is 2.50. The quantitative estimate of drug-likeness (QED) is 0.0423. The first-order valence-corrected chi connectivity index (χ1v) is 33.9. The molecule has 5 aromatic carbocycles. The van der Waals surface area contributed by atoms with Crippen LogP contribution in [0.1, 0.15) is 124 Å². The van der Waals surface area contributed by atoms with Gasteiger partial charge in [-0.25, -0.2) is 0 Å². The normalized spacial score (nSPS) is 20.0. The lowest BCUT2D eigenvalue weighted by Crippen LogP contribution is -2.34. The summed E-state index contributed by atoms with van der Waals surface area (Å²) in [5.41, 5.74) is 17.4. The van der Waals surface area contributed by atoms with Crippen LogP contribution in [0.2, 0.25) is 18.6 Å². The van der Waals surface area contributed by atoms with E-state index in [1.807, 2.05) is 36.4 Å². The Labute approximate surface area is 495 Å². The molecule has 1 aromatic heterocycles. The number of unbranched alkanes of at least 4 members (excludes halogenated alkanes) is 3. The predicted octanol–water partition coefficient (Wildman–Crippen LogP) is 17.9. The Morgan fingerprint density at radius 2 is 1.46 bits per heavy atom. The Hall–Kier alpha value is -7.64. The third kappa shape index (κ3) is 12.2. The molecule has 0 saturated heterocycles. The van der Waals surface area contributed by atoms with Crippen molar-refractivity contribution >= 4 is 61.0 Å². The third-order valence-corrected chi connectivity index (χ3v) is 20.9. The van der Waals surface area contributed by atoms with E-state index in [4.69, 9.17) is 14.2 Å². The number of nitrogens with zero attached hydrogens (tertiary/aromatic N) is 2. The van der Waals surface area contributed by atoms with Gasteiger partial charge in [0, 0.05) is 65.5 Å². The molecule has 5 nitrogen and oxygen atoms in total. The molecular weight excluding hydrogens is 1030 g/mol. The van der Waals surface area contributed by atoms with E-state index in [1.54, 1.807) is 16.7 Å². The van der Waals surface area contributed by atoms with E-state index in [1.165, 1.54) is 79.5 Å². The standard InChI is InChI=1S/C77H82N2O3Si/c1-4-57-30-40-66(41-31-57)80-49-19-6-7-20-50-81-68-44-47-76-72(56-68)71-54-60(36-46-75(71)79(76)63-26-15-10-16-27-63)59-34-37-64(38-35-59)78(62-24-13-9-14-25-62)65-39-45-70-69-28-17-18-29-73(69)77(74(70)55-65,61-22-11-8-12-23-61)48-21-52-83(3)53-51-82-67-42-32-58(5-2)33-43-67/h4-5,8-9,11,13-15,17-18,22,24-34,36-37,39-43,46-47,54-56,68,70,83H,1-2,6-7,10,12,16,19-21,23,35,38,44-45,48-53H2,3H3. The molecule has 12 rings (SSSR count). The third-order valence-electron chi connectivity index (χ3n) is 18.3. The summed E-state index contributed by atoms with van der Waals surface area (Å²) in [5.74, 6) is 2.24. The number of para-hydroxylation sites is 1. The number of rotatable bonds is 25. The highest BCUT2D eigenvalue weighted by molar-refractivity contribution is 6.57. The van der Waals surface area contributed by atoms with Gasteiger partial charge >= 0.3 is 0 Å². The maximum atomic E-state index is 6.64. The van der Waals surface area contributed by atoms with Crippen LogP contribution in [0.25, 0.3) is 46.5 Å². The topological polar surface area (TPSA) is 35.9 Å². The summed E-state index contributed by atoms with van der Waals surface area (Å²) in [7, 11) is -1.02. The second-order valence-electron chi connectivity index (χ2n) is 23.6. The van der Waals surface area contributed by atoms with Crippen molar-refractivity contribution < 1.29 is 14.2 Å². The number of hydrogen-bond donors (Lipinski definition) is 0. The van der Waals surface area contributed by atoms with Crippen LogP contribution in [0.4, 0.5) is 5.69 Å². The monoisotopic (exact) mass is 1110 g/mol. The number of fused-ring (bicyclic) bond motifs is 6. The zero-order chi connectivity index (χ0) is 56.4. The summed E-state index contributed by atoms with van der Waals surface area (Å²) in [6, 6.07) is 46.8. The van der Waals surface area contributed by atoms with Crippen LogP contribution in [-0.4, -0.2) is 39.3 Å². The van der Waals surface area contributed by atoms with E-state index in [0.29, 0.717) is 5.92 Å². The van der Waals surface area contributed by atoms with Gasteiger partial charge in [0.15, 0.2) is 0 Å². The van der Waals surface area contributed by atoms with E-state index < -0.39 is 8.80 Å². The van der Waals surface area contributed by atoms with Crippen molar-refractivity contribution in [1.82, 2.24) is 4.57 Å². The molecule has 6 heteroatoms. The van der Waals surface area contributed by atoms with Crippen molar-refractivity contribution in [3.63, 3.8) is 0 Å². The molecule has 4 atom stereocenters. The van der Waals surface area contributed by atoms with Crippen LogP contribution >= 0.6 is 0 Å². The highest BCUT2D eigenvalue weighted by atomic mass is 28.3. The second kappa shape index (κ2) is 26.3. The molecule has 6 aromatic rings. The largest absolute Gasteiger partial charge is 0.494 e. The Bertz CT molecular complexity index is 3710. The number of aromatic nitrogens is 1. The number of allylic oxidation sites excluding steroid dienone is 15. The fourth-order valence-corrected chi connectivity index (χ4v) is 15.7. The molecule has 0 N–H and O–H groups in total. The Kier molecular flexibility index (Phi) is 17.7. The second-order valence-corrected chi connectivity index (χ2v) is 27.0. The van der Waals surface area contributed by atoms with Gasteiger partial charge in [-0.2, -0.15) is 0 Å². The SMILES string of the molecule is C=Cc1ccc(OCCCCCCOC2C=c3c(n(C4=CCCC=C4)c4ccc(C5=CC=C(N(C6=CCC7C(=C6)C(CCC[SiH](C)CCOc6ccc(C=C)cc6)(C6=CC=CCC6)c6ccccc67)c6ccccc6)CC5)cc34)=CC2)cc1. The van der Waals surface area contributed by atoms with E-state index in [9.17, 15) is 0 Å². The van der Waals surface area contributed by atoms with Crippen molar-refractivity contribution in [2.45, 2.75) is 126 Å². The zero-order valence-electron chi connectivity index (χ0n) is 48.8. The van der Waals surface area contributed by atoms with Gasteiger partial charge in [-0.3, -0.25) is 0 Å². The van der Waals surface area contributed by atoms with E-state index in [0.717, 1.165) is 126 Å². The summed E-state index contributed by atoms with van der Waals surface area (Å²) >= 11 is 0. The summed E-state index contributed by atoms with van der Waals surface area (Å²) in [4.78, 5) is 2.59. The van der Waals surface area contributed by atoms with Gasteiger partial charge in [0.05, 0.1) is 24.8 Å². The number of ether oxygens (including phenoxy) is 3. The first-order valence-electron chi connectivity index (χ1n) is 31.2. The Morgan fingerprint density at radius 1 is 0.687 bits per heavy atom. The zero-order valence-corrected chi connectivity index (χ0v) is 50.0. The van der Waals surface area contributed by atoms with Gasteiger partial charge < -0.3 is 23.7 Å². The summed E-state index contributed by atoms with van der Waals surface area (Å²) < 4.78 is 21.4. The van der Waals surface area contributed by atoms with Gasteiger partial charge in [0.25, 0.3) is 0 Å². The van der Waals surface area contributed by atoms with Crippen LogP contribution in [0.3, 0.4) is 0 Å². The summed E-state index contributed by atoms with van der Waals surface area (Å²) in [6.45, 7) is 12.6. The average molecular weight is 1110 g/mol.